The van der Waals surface area contributed by atoms with Crippen LogP contribution in [0, 0.1) is 0 Å². The van der Waals surface area contributed by atoms with E-state index in [1.54, 1.807) is 0 Å². The molecule has 2 atom stereocenters. The van der Waals surface area contributed by atoms with Crippen LogP contribution in [-0.2, 0) is 4.79 Å². The Bertz CT molecular complexity index is 138. The highest BCUT2D eigenvalue weighted by atomic mass is 35.5. The van der Waals surface area contributed by atoms with E-state index >= 15 is 0 Å². The third-order valence-electron chi connectivity index (χ3n) is 0.973. The fourth-order valence-corrected chi connectivity index (χ4v) is 1.07. The van der Waals surface area contributed by atoms with Crippen LogP contribution in [0.15, 0.2) is 0 Å². The number of carboxylic acid groups (broad SMARTS) is 1. The fraction of sp³-hybridized carbons (Fsp3) is 0.800. The summed E-state index contributed by atoms with van der Waals surface area (Å²) in [6.45, 7) is 0. The highest BCUT2D eigenvalue weighted by Gasteiger charge is 2.22. The molecule has 0 bridgehead atoms. The van der Waals surface area contributed by atoms with Crippen molar-refractivity contribution in [2.45, 2.75) is 22.0 Å². The average molecular weight is 240 g/mol. The molecule has 0 aromatic carbocycles. The lowest BCUT2D eigenvalue weighted by Gasteiger charge is -2.10. The first kappa shape index (κ1) is 11.6. The Morgan fingerprint density at radius 1 is 1.27 bits per heavy atom. The maximum absolute atomic E-state index is 10.2. The van der Waals surface area contributed by atoms with Gasteiger partial charge in [-0.3, -0.25) is 4.79 Å². The number of hydrogen-bond donors (Lipinski definition) is 1. The number of halogens is 4. The van der Waals surface area contributed by atoms with E-state index in [0.717, 1.165) is 0 Å². The van der Waals surface area contributed by atoms with Crippen molar-refractivity contribution >= 4 is 52.4 Å². The first-order valence-electron chi connectivity index (χ1n) is 2.74. The van der Waals surface area contributed by atoms with Crippen LogP contribution in [-0.4, -0.2) is 26.7 Å². The average Bonchev–Trinajstić information content (AvgIpc) is 1.87. The third kappa shape index (κ3) is 4.96. The monoisotopic (exact) mass is 238 g/mol. The molecule has 2 nitrogen and oxygen atoms in total. The predicted octanol–water partition coefficient (Wildman–Crippen LogP) is 2.48. The van der Waals surface area contributed by atoms with Gasteiger partial charge in [0.25, 0.3) is 0 Å². The van der Waals surface area contributed by atoms with Crippen LogP contribution in [0.4, 0.5) is 0 Å². The Hall–Kier alpha value is 0.630. The summed E-state index contributed by atoms with van der Waals surface area (Å²) in [5, 5.41) is 6.68. The molecule has 6 heteroatoms. The summed E-state index contributed by atoms with van der Waals surface area (Å²) in [5.74, 6) is -1.12. The molecule has 66 valence electrons. The Morgan fingerprint density at radius 3 is 2.00 bits per heavy atom. The van der Waals surface area contributed by atoms with Gasteiger partial charge in [-0.25, -0.2) is 0 Å². The van der Waals surface area contributed by atoms with Gasteiger partial charge in [0.2, 0.25) is 0 Å². The van der Waals surface area contributed by atoms with Gasteiger partial charge in [0, 0.05) is 0 Å². The van der Waals surface area contributed by atoms with Gasteiger partial charge in [0.15, 0.2) is 0 Å². The van der Waals surface area contributed by atoms with Crippen molar-refractivity contribution in [1.29, 1.82) is 0 Å². The molecule has 0 fully saturated rings. The van der Waals surface area contributed by atoms with E-state index in [4.69, 9.17) is 51.5 Å². The van der Waals surface area contributed by atoms with Crippen molar-refractivity contribution in [3.8, 4) is 0 Å². The maximum Gasteiger partial charge on any atom is 0.321 e. The van der Waals surface area contributed by atoms with Crippen molar-refractivity contribution < 1.29 is 9.90 Å². The molecule has 0 saturated heterocycles. The van der Waals surface area contributed by atoms with Gasteiger partial charge >= 0.3 is 5.97 Å². The van der Waals surface area contributed by atoms with Crippen molar-refractivity contribution in [2.24, 2.45) is 0 Å². The van der Waals surface area contributed by atoms with E-state index < -0.39 is 21.6 Å². The second kappa shape index (κ2) is 5.31. The third-order valence-corrected chi connectivity index (χ3v) is 2.63. The molecule has 0 radical (unpaired) electrons. The first-order chi connectivity index (χ1) is 4.95. The van der Waals surface area contributed by atoms with Gasteiger partial charge in [0.05, 0.1) is 5.38 Å². The number of hydrogen-bond acceptors (Lipinski definition) is 1. The molecule has 0 aliphatic heterocycles. The van der Waals surface area contributed by atoms with Crippen LogP contribution in [0.5, 0.6) is 0 Å². The molecule has 0 aliphatic rings. The van der Waals surface area contributed by atoms with E-state index in [2.05, 4.69) is 0 Å². The second-order valence-electron chi connectivity index (χ2n) is 1.89. The lowest BCUT2D eigenvalue weighted by Crippen LogP contribution is -2.21. The normalized spacial score (nSPS) is 16.5. The quantitative estimate of drug-likeness (QED) is 0.766. The molecular weight excluding hydrogens is 234 g/mol. The van der Waals surface area contributed by atoms with Crippen LogP contribution in [0.1, 0.15) is 6.42 Å². The highest BCUT2D eigenvalue weighted by Crippen LogP contribution is 2.21. The fourth-order valence-electron chi connectivity index (χ4n) is 0.401. The summed E-state index contributed by atoms with van der Waals surface area (Å²) in [6, 6.07) is 0. The molecule has 0 aromatic rings. The van der Waals surface area contributed by atoms with E-state index in [1.807, 2.05) is 0 Å². The Kier molecular flexibility index (Phi) is 5.61. The van der Waals surface area contributed by atoms with Gasteiger partial charge in [-0.15, -0.1) is 46.4 Å². The molecule has 2 unspecified atom stereocenters. The van der Waals surface area contributed by atoms with Crippen LogP contribution >= 0.6 is 46.4 Å². The maximum atomic E-state index is 10.2. The second-order valence-corrected chi connectivity index (χ2v) is 4.14. The van der Waals surface area contributed by atoms with Crippen molar-refractivity contribution in [3.05, 3.63) is 0 Å². The van der Waals surface area contributed by atoms with Crippen LogP contribution in [0.2, 0.25) is 0 Å². The van der Waals surface area contributed by atoms with E-state index in [-0.39, 0.29) is 6.42 Å². The lowest BCUT2D eigenvalue weighted by molar-refractivity contribution is -0.136. The molecule has 0 aliphatic carbocycles. The SMILES string of the molecule is O=C(O)C(Cl)CC(Cl)C(Cl)Cl. The van der Waals surface area contributed by atoms with Gasteiger partial charge in [-0.05, 0) is 6.42 Å². The zero-order chi connectivity index (χ0) is 9.02. The number of alkyl halides is 4. The largest absolute Gasteiger partial charge is 0.480 e. The van der Waals surface area contributed by atoms with Crippen LogP contribution in [0.25, 0.3) is 0 Å². The zero-order valence-corrected chi connectivity index (χ0v) is 8.33. The zero-order valence-electron chi connectivity index (χ0n) is 5.31. The van der Waals surface area contributed by atoms with Crippen molar-refractivity contribution in [3.63, 3.8) is 0 Å². The number of carboxylic acids is 1. The van der Waals surface area contributed by atoms with Crippen LogP contribution in [0.3, 0.4) is 0 Å². The summed E-state index contributed by atoms with van der Waals surface area (Å²) in [5.41, 5.74) is 0. The van der Waals surface area contributed by atoms with Gasteiger partial charge in [0.1, 0.15) is 10.2 Å². The molecule has 0 saturated carbocycles. The van der Waals surface area contributed by atoms with E-state index in [9.17, 15) is 4.79 Å². The summed E-state index contributed by atoms with van der Waals surface area (Å²) in [7, 11) is 0. The predicted molar refractivity (Wildman–Crippen MR) is 47.0 cm³/mol. The standard InChI is InChI=1S/C5H6Cl4O2/c6-2(4(8)9)1-3(7)5(10)11/h2-4H,1H2,(H,10,11). The number of carbonyl (C=O) groups is 1. The Morgan fingerprint density at radius 2 is 1.73 bits per heavy atom. The minimum atomic E-state index is -1.12. The van der Waals surface area contributed by atoms with Crippen molar-refractivity contribution in [2.75, 3.05) is 0 Å². The van der Waals surface area contributed by atoms with Gasteiger partial charge in [-0.1, -0.05) is 0 Å². The Labute approximate surface area is 84.4 Å². The summed E-state index contributed by atoms with van der Waals surface area (Å²) in [4.78, 5) is 9.39. The van der Waals surface area contributed by atoms with E-state index in [1.165, 1.54) is 0 Å². The molecular formula is C5H6Cl4O2. The first-order valence-corrected chi connectivity index (χ1v) is 4.48. The molecule has 0 heterocycles. The minimum absolute atomic E-state index is 0.0517. The molecule has 1 N–H and O–H groups in total. The summed E-state index contributed by atoms with van der Waals surface area (Å²) >= 11 is 21.6. The number of rotatable bonds is 4. The van der Waals surface area contributed by atoms with E-state index in [0.29, 0.717) is 0 Å². The molecule has 0 rings (SSSR count). The molecule has 0 spiro atoms. The van der Waals surface area contributed by atoms with Crippen LogP contribution < -0.4 is 0 Å². The molecule has 0 amide bonds. The highest BCUT2D eigenvalue weighted by molar-refractivity contribution is 6.48. The molecule has 11 heavy (non-hydrogen) atoms. The van der Waals surface area contributed by atoms with Gasteiger partial charge < -0.3 is 5.11 Å². The van der Waals surface area contributed by atoms with Gasteiger partial charge in [-0.2, -0.15) is 0 Å². The summed E-state index contributed by atoms with van der Waals surface area (Å²) in [6.07, 6.45) is 0.0517. The topological polar surface area (TPSA) is 37.3 Å². The Balaban J connectivity index is 3.75. The smallest absolute Gasteiger partial charge is 0.321 e. The number of aliphatic carboxylic acids is 1. The summed E-state index contributed by atoms with van der Waals surface area (Å²) < 4.78 is 0. The minimum Gasteiger partial charge on any atom is -0.480 e. The lowest BCUT2D eigenvalue weighted by atomic mass is 10.2. The molecule has 0 aromatic heterocycles. The van der Waals surface area contributed by atoms with Crippen molar-refractivity contribution in [1.82, 2.24) is 0 Å².